The molecule has 0 aliphatic carbocycles. The maximum absolute atomic E-state index is 13.5. The number of anilines is 1. The summed E-state index contributed by atoms with van der Waals surface area (Å²) in [6.45, 7) is 6.07. The molecule has 5 nitrogen and oxygen atoms in total. The highest BCUT2D eigenvalue weighted by Crippen LogP contribution is 2.33. The Morgan fingerprint density at radius 1 is 0.848 bits per heavy atom. The van der Waals surface area contributed by atoms with Gasteiger partial charge in [-0.25, -0.2) is 0 Å². The fourth-order valence-corrected chi connectivity index (χ4v) is 3.91. The topological polar surface area (TPSA) is 58.6 Å². The van der Waals surface area contributed by atoms with Gasteiger partial charge in [-0.15, -0.1) is 0 Å². The third-order valence-corrected chi connectivity index (χ3v) is 6.31. The van der Waals surface area contributed by atoms with E-state index in [1.807, 2.05) is 75.4 Å². The van der Waals surface area contributed by atoms with Gasteiger partial charge in [-0.2, -0.15) is 0 Å². The van der Waals surface area contributed by atoms with Gasteiger partial charge in [0.25, 0.3) is 11.8 Å². The van der Waals surface area contributed by atoms with E-state index in [4.69, 9.17) is 16.3 Å². The summed E-state index contributed by atoms with van der Waals surface area (Å²) in [7, 11) is 1.59. The van der Waals surface area contributed by atoms with Crippen LogP contribution in [0.15, 0.2) is 66.4 Å². The second kappa shape index (κ2) is 9.12. The van der Waals surface area contributed by atoms with Crippen LogP contribution in [-0.2, 0) is 16.1 Å². The van der Waals surface area contributed by atoms with Crippen LogP contribution in [0.1, 0.15) is 27.8 Å². The van der Waals surface area contributed by atoms with Crippen molar-refractivity contribution in [3.63, 3.8) is 0 Å². The number of aryl methyl sites for hydroxylation is 3. The van der Waals surface area contributed by atoms with Gasteiger partial charge in [-0.1, -0.05) is 48.0 Å². The highest BCUT2D eigenvalue weighted by molar-refractivity contribution is 6.36. The molecular weight excluding hydrogens is 436 g/mol. The summed E-state index contributed by atoms with van der Waals surface area (Å²) < 4.78 is 5.20. The number of hydrogen-bond donors (Lipinski definition) is 1. The van der Waals surface area contributed by atoms with Crippen molar-refractivity contribution in [2.45, 2.75) is 27.3 Å². The molecule has 0 unspecified atom stereocenters. The van der Waals surface area contributed by atoms with Gasteiger partial charge in [0.05, 0.1) is 19.2 Å². The van der Waals surface area contributed by atoms with E-state index >= 15 is 0 Å². The van der Waals surface area contributed by atoms with Crippen molar-refractivity contribution in [2.75, 3.05) is 12.4 Å². The van der Waals surface area contributed by atoms with E-state index in [0.717, 1.165) is 22.3 Å². The zero-order valence-electron chi connectivity index (χ0n) is 19.0. The van der Waals surface area contributed by atoms with E-state index in [-0.39, 0.29) is 24.1 Å². The monoisotopic (exact) mass is 460 g/mol. The van der Waals surface area contributed by atoms with Gasteiger partial charge in [0.1, 0.15) is 11.4 Å². The van der Waals surface area contributed by atoms with Crippen LogP contribution in [0.2, 0.25) is 5.02 Å². The van der Waals surface area contributed by atoms with Gasteiger partial charge in [-0.05, 0) is 72.9 Å². The lowest BCUT2D eigenvalue weighted by Crippen LogP contribution is -2.32. The van der Waals surface area contributed by atoms with Gasteiger partial charge >= 0.3 is 0 Å². The van der Waals surface area contributed by atoms with Crippen molar-refractivity contribution in [1.29, 1.82) is 0 Å². The van der Waals surface area contributed by atoms with Crippen molar-refractivity contribution in [3.05, 3.63) is 99.2 Å². The molecule has 0 saturated carbocycles. The molecule has 6 heteroatoms. The SMILES string of the molecule is COc1ccc(CN2C(=O)C(Nc3ccc(C)c(Cl)c3)=C(c3ccc(C)c(C)c3)C2=O)cc1. The third-order valence-electron chi connectivity index (χ3n) is 5.90. The molecule has 33 heavy (non-hydrogen) atoms. The molecule has 0 saturated heterocycles. The second-order valence-electron chi connectivity index (χ2n) is 8.18. The second-order valence-corrected chi connectivity index (χ2v) is 8.59. The molecule has 3 aromatic rings. The molecule has 0 bridgehead atoms. The van der Waals surface area contributed by atoms with Crippen molar-refractivity contribution < 1.29 is 14.3 Å². The van der Waals surface area contributed by atoms with Crippen molar-refractivity contribution in [1.82, 2.24) is 4.90 Å². The van der Waals surface area contributed by atoms with E-state index in [1.54, 1.807) is 13.2 Å². The number of benzene rings is 3. The molecule has 1 N–H and O–H groups in total. The number of halogens is 1. The molecule has 3 aromatic carbocycles. The number of carbonyl (C=O) groups excluding carboxylic acids is 2. The van der Waals surface area contributed by atoms with Gasteiger partial charge in [0, 0.05) is 10.7 Å². The van der Waals surface area contributed by atoms with E-state index < -0.39 is 0 Å². The number of carbonyl (C=O) groups is 2. The van der Waals surface area contributed by atoms with E-state index in [9.17, 15) is 9.59 Å². The molecule has 0 spiro atoms. The number of methoxy groups -OCH3 is 1. The molecule has 168 valence electrons. The number of nitrogens with zero attached hydrogens (tertiary/aromatic N) is 1. The van der Waals surface area contributed by atoms with Crippen LogP contribution < -0.4 is 10.1 Å². The first-order valence-electron chi connectivity index (χ1n) is 10.6. The van der Waals surface area contributed by atoms with Crippen molar-refractivity contribution in [3.8, 4) is 5.75 Å². The Labute approximate surface area is 198 Å². The molecule has 0 atom stereocenters. The number of amides is 2. The molecule has 0 aromatic heterocycles. The fraction of sp³-hybridized carbons (Fsp3) is 0.185. The summed E-state index contributed by atoms with van der Waals surface area (Å²) in [4.78, 5) is 28.2. The Morgan fingerprint density at radius 2 is 1.55 bits per heavy atom. The Balaban J connectivity index is 1.74. The molecule has 0 radical (unpaired) electrons. The van der Waals surface area contributed by atoms with E-state index in [2.05, 4.69) is 5.32 Å². The standard InChI is InChI=1S/C27H25ClN2O3/c1-16-5-9-20(13-18(16)3)24-25(29-21-10-6-17(2)23(28)14-21)27(32)30(26(24)31)15-19-7-11-22(33-4)12-8-19/h5-14,29H,15H2,1-4H3. The van der Waals surface area contributed by atoms with E-state index in [0.29, 0.717) is 27.6 Å². The minimum Gasteiger partial charge on any atom is -0.497 e. The molecule has 4 rings (SSSR count). The summed E-state index contributed by atoms with van der Waals surface area (Å²) in [6, 6.07) is 18.6. The summed E-state index contributed by atoms with van der Waals surface area (Å²) in [5.74, 6) is 0.00546. The molecule has 1 aliphatic heterocycles. The summed E-state index contributed by atoms with van der Waals surface area (Å²) in [6.07, 6.45) is 0. The number of rotatable bonds is 6. The lowest BCUT2D eigenvalue weighted by Gasteiger charge is -2.16. The third kappa shape index (κ3) is 4.50. The average molecular weight is 461 g/mol. The minimum absolute atomic E-state index is 0.163. The minimum atomic E-state index is -0.374. The first-order valence-corrected chi connectivity index (χ1v) is 11.0. The number of ether oxygens (including phenoxy) is 1. The summed E-state index contributed by atoms with van der Waals surface area (Å²) >= 11 is 6.29. The van der Waals surface area contributed by atoms with Crippen molar-refractivity contribution in [2.24, 2.45) is 0 Å². The highest BCUT2D eigenvalue weighted by Gasteiger charge is 2.39. The Hall–Kier alpha value is -3.57. The van der Waals surface area contributed by atoms with Crippen LogP contribution >= 0.6 is 11.6 Å². The molecule has 0 fully saturated rings. The Morgan fingerprint density at radius 3 is 2.18 bits per heavy atom. The average Bonchev–Trinajstić information content (AvgIpc) is 3.03. The maximum atomic E-state index is 13.5. The number of nitrogens with one attached hydrogen (secondary N) is 1. The smallest absolute Gasteiger partial charge is 0.278 e. The van der Waals surface area contributed by atoms with Crippen LogP contribution in [0.4, 0.5) is 5.69 Å². The first-order chi connectivity index (χ1) is 15.8. The van der Waals surface area contributed by atoms with E-state index in [1.165, 1.54) is 4.90 Å². The largest absolute Gasteiger partial charge is 0.497 e. The van der Waals surface area contributed by atoms with Crippen molar-refractivity contribution >= 4 is 34.7 Å². The molecule has 1 aliphatic rings. The Kier molecular flexibility index (Phi) is 6.25. The van der Waals surface area contributed by atoms with Crippen LogP contribution in [0, 0.1) is 20.8 Å². The molecule has 1 heterocycles. The first kappa shape index (κ1) is 22.6. The number of hydrogen-bond acceptors (Lipinski definition) is 4. The molecular formula is C27H25ClN2O3. The maximum Gasteiger partial charge on any atom is 0.278 e. The number of imide groups is 1. The summed E-state index contributed by atoms with van der Waals surface area (Å²) in [5.41, 5.74) is 5.88. The van der Waals surface area contributed by atoms with Crippen LogP contribution in [0.3, 0.4) is 0 Å². The van der Waals surface area contributed by atoms with Gasteiger partial charge in [0.15, 0.2) is 0 Å². The van der Waals surface area contributed by atoms with Crippen LogP contribution in [0.5, 0.6) is 5.75 Å². The summed E-state index contributed by atoms with van der Waals surface area (Å²) in [5, 5.41) is 3.75. The van der Waals surface area contributed by atoms with Gasteiger partial charge < -0.3 is 10.1 Å². The lowest BCUT2D eigenvalue weighted by atomic mass is 9.99. The zero-order chi connectivity index (χ0) is 23.7. The lowest BCUT2D eigenvalue weighted by molar-refractivity contribution is -0.137. The fourth-order valence-electron chi connectivity index (χ4n) is 3.73. The zero-order valence-corrected chi connectivity index (χ0v) is 19.8. The quantitative estimate of drug-likeness (QED) is 0.482. The van der Waals surface area contributed by atoms with Crippen LogP contribution in [-0.4, -0.2) is 23.8 Å². The van der Waals surface area contributed by atoms with Crippen LogP contribution in [0.25, 0.3) is 5.57 Å². The van der Waals surface area contributed by atoms with Gasteiger partial charge in [0.2, 0.25) is 0 Å². The normalized spacial score (nSPS) is 13.7. The Bertz CT molecular complexity index is 1280. The molecule has 2 amide bonds. The highest BCUT2D eigenvalue weighted by atomic mass is 35.5. The predicted molar refractivity (Wildman–Crippen MR) is 131 cm³/mol. The van der Waals surface area contributed by atoms with Gasteiger partial charge in [-0.3, -0.25) is 14.5 Å². The predicted octanol–water partition coefficient (Wildman–Crippen LogP) is 5.67.